The number of carbonyl (C=O) groups is 1. The molecule has 0 bridgehead atoms. The number of halogens is 1. The quantitative estimate of drug-likeness (QED) is 0.141. The summed E-state index contributed by atoms with van der Waals surface area (Å²) < 4.78 is 13.8. The molecule has 4 atom stereocenters. The molecule has 2 heterocycles. The van der Waals surface area contributed by atoms with Crippen LogP contribution >= 0.6 is 15.9 Å². The number of nitrogens with two attached hydrogens (primary N) is 1. The largest absolute Gasteiger partial charge is 0.497 e. The van der Waals surface area contributed by atoms with Gasteiger partial charge in [0, 0.05) is 41.3 Å². The summed E-state index contributed by atoms with van der Waals surface area (Å²) in [5, 5.41) is 3.13. The normalized spacial score (nSPS) is 20.7. The zero-order chi connectivity index (χ0) is 35.2. The Labute approximate surface area is 309 Å². The van der Waals surface area contributed by atoms with Crippen LogP contribution in [0.2, 0.25) is 0 Å². The van der Waals surface area contributed by atoms with Gasteiger partial charge in [-0.05, 0) is 84.1 Å². The fourth-order valence-electron chi connectivity index (χ4n) is 7.94. The Balaban J connectivity index is 1.23. The van der Waals surface area contributed by atoms with E-state index in [1.807, 2.05) is 29.2 Å². The molecular weight excluding hydrogens is 700 g/mol. The van der Waals surface area contributed by atoms with Crippen molar-refractivity contribution in [2.75, 3.05) is 45.2 Å². The fourth-order valence-corrected chi connectivity index (χ4v) is 8.21. The van der Waals surface area contributed by atoms with E-state index in [9.17, 15) is 4.79 Å². The highest BCUT2D eigenvalue weighted by molar-refractivity contribution is 9.10. The van der Waals surface area contributed by atoms with Crippen molar-refractivity contribution in [1.82, 2.24) is 9.80 Å². The Morgan fingerprint density at radius 1 is 0.804 bits per heavy atom. The number of hydrogen-bond donors (Lipinski definition) is 2. The van der Waals surface area contributed by atoms with Crippen molar-refractivity contribution in [3.05, 3.63) is 166 Å². The number of carbonyl (C=O) groups excluding carboxylic acids is 1. The summed E-state index contributed by atoms with van der Waals surface area (Å²) >= 11 is 3.64. The molecule has 3 N–H and O–H groups in total. The van der Waals surface area contributed by atoms with Gasteiger partial charge >= 0.3 is 6.03 Å². The topological polar surface area (TPSA) is 80.1 Å². The van der Waals surface area contributed by atoms with Gasteiger partial charge < -0.3 is 25.4 Å². The fraction of sp³-hybridized carbons (Fsp3) is 0.279. The van der Waals surface area contributed by atoms with Crippen LogP contribution in [0.5, 0.6) is 5.75 Å². The molecule has 0 aromatic heterocycles. The molecule has 7 rings (SSSR count). The number of ether oxygens (including phenoxy) is 2. The van der Waals surface area contributed by atoms with Crippen LogP contribution in [0.25, 0.3) is 0 Å². The third-order valence-corrected chi connectivity index (χ3v) is 11.1. The first-order valence-corrected chi connectivity index (χ1v) is 18.5. The predicted molar refractivity (Wildman–Crippen MR) is 207 cm³/mol. The van der Waals surface area contributed by atoms with Gasteiger partial charge in [-0.1, -0.05) is 119 Å². The standard InChI is InChI=1S/C43H45BrN4O3/c1-50-38-23-21-37(22-24-38)46-42(49)47-28-31(27-45)25-26-48-39(29-47)41(32-17-19-36(44)20-18-32)40(48)30-51-43(33-11-5-2-6-12-33,34-13-7-3-8-14-34)35-15-9-4-10-16-35/h2-24,31,39-41H,25-30,45H2,1H3,(H,46,49)/t31?,39-,40+,41+/m0/s1. The second kappa shape index (κ2) is 15.8. The van der Waals surface area contributed by atoms with Crippen molar-refractivity contribution in [2.45, 2.75) is 30.0 Å². The SMILES string of the molecule is COc1ccc(NC(=O)N2CC(CN)CCN3[C@H](COC(c4ccccc4)(c4ccccc4)c4ccccc4)[C@H](c4ccc(Br)cc4)[C@@H]3C2)cc1. The number of rotatable bonds is 10. The Hall–Kier alpha value is -4.47. The zero-order valence-electron chi connectivity index (χ0n) is 28.9. The van der Waals surface area contributed by atoms with Crippen LogP contribution in [0.3, 0.4) is 0 Å². The molecule has 0 spiro atoms. The maximum atomic E-state index is 13.9. The molecule has 51 heavy (non-hydrogen) atoms. The molecule has 2 fully saturated rings. The van der Waals surface area contributed by atoms with Gasteiger partial charge in [0.05, 0.1) is 13.7 Å². The lowest BCUT2D eigenvalue weighted by molar-refractivity contribution is -0.104. The first kappa shape index (κ1) is 35.0. The summed E-state index contributed by atoms with van der Waals surface area (Å²) in [6.07, 6.45) is 0.893. The summed E-state index contributed by atoms with van der Waals surface area (Å²) in [5.74, 6) is 1.07. The van der Waals surface area contributed by atoms with Crippen molar-refractivity contribution < 1.29 is 14.3 Å². The summed E-state index contributed by atoms with van der Waals surface area (Å²) in [6.45, 7) is 3.08. The average molecular weight is 746 g/mol. The monoisotopic (exact) mass is 744 g/mol. The Morgan fingerprint density at radius 2 is 1.37 bits per heavy atom. The van der Waals surface area contributed by atoms with Crippen LogP contribution < -0.4 is 15.8 Å². The van der Waals surface area contributed by atoms with Gasteiger partial charge in [-0.3, -0.25) is 4.90 Å². The van der Waals surface area contributed by atoms with Crippen molar-refractivity contribution in [1.29, 1.82) is 0 Å². The van der Waals surface area contributed by atoms with Crippen molar-refractivity contribution in [3.63, 3.8) is 0 Å². The molecular formula is C43H45BrN4O3. The molecule has 7 nitrogen and oxygen atoms in total. The number of hydrogen-bond acceptors (Lipinski definition) is 5. The van der Waals surface area contributed by atoms with Crippen molar-refractivity contribution >= 4 is 27.6 Å². The summed E-state index contributed by atoms with van der Waals surface area (Å²) in [6, 6.07) is 47.8. The van der Waals surface area contributed by atoms with Gasteiger partial charge in [-0.2, -0.15) is 0 Å². The number of benzene rings is 5. The number of methoxy groups -OCH3 is 1. The first-order chi connectivity index (χ1) is 25.0. The highest BCUT2D eigenvalue weighted by Gasteiger charge is 2.52. The van der Waals surface area contributed by atoms with Crippen LogP contribution in [0, 0.1) is 5.92 Å². The minimum absolute atomic E-state index is 0.0784. The summed E-state index contributed by atoms with van der Waals surface area (Å²) in [7, 11) is 1.64. The molecule has 2 aliphatic heterocycles. The van der Waals surface area contributed by atoms with Crippen LogP contribution in [0.1, 0.15) is 34.6 Å². The number of nitrogens with zero attached hydrogens (tertiary/aromatic N) is 2. The molecule has 2 amide bonds. The molecule has 262 valence electrons. The van der Waals surface area contributed by atoms with E-state index in [0.717, 1.165) is 45.6 Å². The molecule has 2 aliphatic rings. The minimum atomic E-state index is -0.827. The van der Waals surface area contributed by atoms with E-state index in [1.165, 1.54) is 5.56 Å². The number of anilines is 1. The van der Waals surface area contributed by atoms with Crippen LogP contribution in [-0.4, -0.2) is 67.8 Å². The van der Waals surface area contributed by atoms with E-state index < -0.39 is 5.60 Å². The van der Waals surface area contributed by atoms with Crippen LogP contribution in [0.4, 0.5) is 10.5 Å². The van der Waals surface area contributed by atoms with Gasteiger partial charge in [0.1, 0.15) is 11.4 Å². The van der Waals surface area contributed by atoms with E-state index in [4.69, 9.17) is 15.2 Å². The smallest absolute Gasteiger partial charge is 0.321 e. The molecule has 0 radical (unpaired) electrons. The molecule has 0 saturated carbocycles. The van der Waals surface area contributed by atoms with Gasteiger partial charge in [0.25, 0.3) is 0 Å². The van der Waals surface area contributed by atoms with Gasteiger partial charge in [-0.25, -0.2) is 4.79 Å². The third-order valence-electron chi connectivity index (χ3n) is 10.6. The predicted octanol–water partition coefficient (Wildman–Crippen LogP) is 8.12. The van der Waals surface area contributed by atoms with Gasteiger partial charge in [0.2, 0.25) is 0 Å². The Bertz CT molecular complexity index is 1760. The Morgan fingerprint density at radius 3 is 1.90 bits per heavy atom. The number of fused-ring (bicyclic) bond motifs is 1. The lowest BCUT2D eigenvalue weighted by Crippen LogP contribution is -2.69. The number of urea groups is 1. The van der Waals surface area contributed by atoms with E-state index in [2.05, 4.69) is 141 Å². The first-order valence-electron chi connectivity index (χ1n) is 17.7. The van der Waals surface area contributed by atoms with Crippen LogP contribution in [0.15, 0.2) is 144 Å². The van der Waals surface area contributed by atoms with Gasteiger partial charge in [0.15, 0.2) is 0 Å². The van der Waals surface area contributed by atoms with Crippen molar-refractivity contribution in [2.24, 2.45) is 11.7 Å². The lowest BCUT2D eigenvalue weighted by atomic mass is 9.73. The molecule has 0 aliphatic carbocycles. The molecule has 5 aromatic carbocycles. The van der Waals surface area contributed by atoms with Crippen molar-refractivity contribution in [3.8, 4) is 5.75 Å². The molecule has 2 saturated heterocycles. The molecule has 1 unspecified atom stereocenters. The minimum Gasteiger partial charge on any atom is -0.497 e. The maximum absolute atomic E-state index is 13.9. The Kier molecular flexibility index (Phi) is 10.8. The van der Waals surface area contributed by atoms with E-state index in [0.29, 0.717) is 26.2 Å². The second-order valence-electron chi connectivity index (χ2n) is 13.5. The zero-order valence-corrected chi connectivity index (χ0v) is 30.5. The van der Waals surface area contributed by atoms with Gasteiger partial charge in [-0.15, -0.1) is 0 Å². The van der Waals surface area contributed by atoms with Crippen LogP contribution in [-0.2, 0) is 10.3 Å². The lowest BCUT2D eigenvalue weighted by Gasteiger charge is -2.58. The van der Waals surface area contributed by atoms with E-state index >= 15 is 0 Å². The summed E-state index contributed by atoms with van der Waals surface area (Å²) in [4.78, 5) is 18.4. The molecule has 5 aromatic rings. The summed E-state index contributed by atoms with van der Waals surface area (Å²) in [5.41, 5.74) is 10.7. The van der Waals surface area contributed by atoms with E-state index in [-0.39, 0.29) is 30.0 Å². The second-order valence-corrected chi connectivity index (χ2v) is 14.4. The number of amides is 2. The maximum Gasteiger partial charge on any atom is 0.321 e. The highest BCUT2D eigenvalue weighted by atomic mass is 79.9. The molecule has 8 heteroatoms. The number of nitrogens with one attached hydrogen (secondary N) is 1. The average Bonchev–Trinajstić information content (AvgIpc) is 3.17. The third kappa shape index (κ3) is 7.32. The van der Waals surface area contributed by atoms with E-state index in [1.54, 1.807) is 7.11 Å². The highest BCUT2D eigenvalue weighted by Crippen LogP contribution is 2.46.